The van der Waals surface area contributed by atoms with E-state index in [4.69, 9.17) is 0 Å². The van der Waals surface area contributed by atoms with Gasteiger partial charge in [0.2, 0.25) is 0 Å². The van der Waals surface area contributed by atoms with E-state index >= 15 is 0 Å². The van der Waals surface area contributed by atoms with E-state index in [2.05, 4.69) is 31.3 Å². The van der Waals surface area contributed by atoms with E-state index in [9.17, 15) is 4.79 Å². The minimum atomic E-state index is -0.291. The van der Waals surface area contributed by atoms with Crippen LogP contribution in [0.25, 0.3) is 5.69 Å². The van der Waals surface area contributed by atoms with Crippen LogP contribution < -0.4 is 5.48 Å². The molecule has 0 aliphatic heterocycles. The predicted molar refractivity (Wildman–Crippen MR) is 75.2 cm³/mol. The topological polar surface area (TPSA) is 56.1 Å². The smallest absolute Gasteiger partial charge is 0.277 e. The summed E-state index contributed by atoms with van der Waals surface area (Å²) in [5, 5.41) is 4.40. The molecule has 0 radical (unpaired) electrons. The molecule has 1 amide bonds. The van der Waals surface area contributed by atoms with Crippen molar-refractivity contribution in [3.63, 3.8) is 0 Å². The van der Waals surface area contributed by atoms with E-state index in [0.29, 0.717) is 11.3 Å². The minimum absolute atomic E-state index is 0.291. The number of amides is 1. The maximum absolute atomic E-state index is 11.9. The van der Waals surface area contributed by atoms with Crippen molar-refractivity contribution >= 4 is 21.8 Å². The van der Waals surface area contributed by atoms with Gasteiger partial charge < -0.3 is 0 Å². The van der Waals surface area contributed by atoms with Crippen molar-refractivity contribution in [2.75, 3.05) is 7.11 Å². The Morgan fingerprint density at radius 3 is 2.53 bits per heavy atom. The fourth-order valence-corrected chi connectivity index (χ4v) is 2.21. The molecule has 0 aliphatic rings. The van der Waals surface area contributed by atoms with Gasteiger partial charge in [-0.3, -0.25) is 9.63 Å². The summed E-state index contributed by atoms with van der Waals surface area (Å²) in [7, 11) is 1.40. The molecule has 1 heterocycles. The quantitative estimate of drug-likeness (QED) is 0.883. The summed E-state index contributed by atoms with van der Waals surface area (Å²) in [6.45, 7) is 3.65. The highest BCUT2D eigenvalue weighted by Gasteiger charge is 2.19. The van der Waals surface area contributed by atoms with Crippen molar-refractivity contribution in [3.05, 3.63) is 45.7 Å². The van der Waals surface area contributed by atoms with Gasteiger partial charge in [0.1, 0.15) is 0 Å². The Bertz CT molecular complexity index is 605. The third-order valence-corrected chi connectivity index (χ3v) is 3.31. The average Bonchev–Trinajstić information content (AvgIpc) is 2.66. The zero-order valence-corrected chi connectivity index (χ0v) is 12.5. The second kappa shape index (κ2) is 5.54. The van der Waals surface area contributed by atoms with Crippen molar-refractivity contribution in [1.29, 1.82) is 0 Å². The lowest BCUT2D eigenvalue weighted by atomic mass is 10.2. The van der Waals surface area contributed by atoms with Crippen LogP contribution in [0.5, 0.6) is 0 Å². The molecule has 6 heteroatoms. The number of benzene rings is 1. The molecule has 0 spiro atoms. The molecule has 5 nitrogen and oxygen atoms in total. The summed E-state index contributed by atoms with van der Waals surface area (Å²) in [5.74, 6) is -0.291. The molecule has 0 aliphatic carbocycles. The number of carbonyl (C=O) groups excluding carboxylic acids is 1. The number of nitrogens with one attached hydrogen (secondary N) is 1. The van der Waals surface area contributed by atoms with Gasteiger partial charge in [-0.2, -0.15) is 5.10 Å². The van der Waals surface area contributed by atoms with Gasteiger partial charge >= 0.3 is 0 Å². The van der Waals surface area contributed by atoms with E-state index < -0.39 is 0 Å². The highest BCUT2D eigenvalue weighted by Crippen LogP contribution is 2.19. The maximum atomic E-state index is 11.9. The first-order chi connectivity index (χ1) is 9.04. The van der Waals surface area contributed by atoms with E-state index in [1.165, 1.54) is 7.11 Å². The molecule has 0 unspecified atom stereocenters. The third kappa shape index (κ3) is 2.69. The van der Waals surface area contributed by atoms with Crippen LogP contribution in [-0.2, 0) is 4.84 Å². The van der Waals surface area contributed by atoms with E-state index in [-0.39, 0.29) is 5.91 Å². The number of carbonyl (C=O) groups is 1. The third-order valence-electron chi connectivity index (χ3n) is 2.78. The summed E-state index contributed by atoms with van der Waals surface area (Å²) in [6, 6.07) is 7.73. The zero-order valence-electron chi connectivity index (χ0n) is 10.9. The van der Waals surface area contributed by atoms with E-state index in [0.717, 1.165) is 15.9 Å². The molecule has 2 rings (SSSR count). The van der Waals surface area contributed by atoms with Crippen LogP contribution in [0.2, 0.25) is 0 Å². The molecule has 100 valence electrons. The van der Waals surface area contributed by atoms with Gasteiger partial charge in [0.15, 0.2) is 0 Å². The van der Waals surface area contributed by atoms with Crippen molar-refractivity contribution in [2.24, 2.45) is 0 Å². The SMILES string of the molecule is CONC(=O)c1c(C)nn(-c2ccc(Br)cc2)c1C. The standard InChI is InChI=1S/C13H14BrN3O2/c1-8-12(13(18)16-19-3)9(2)17(15-8)11-6-4-10(14)5-7-11/h4-7H,1-3H3,(H,16,18). The average molecular weight is 324 g/mol. The maximum Gasteiger partial charge on any atom is 0.278 e. The summed E-state index contributed by atoms with van der Waals surface area (Å²) in [5.41, 5.74) is 5.19. The molecule has 0 atom stereocenters. The number of hydrogen-bond acceptors (Lipinski definition) is 3. The van der Waals surface area contributed by atoms with Crippen molar-refractivity contribution < 1.29 is 9.63 Å². The summed E-state index contributed by atoms with van der Waals surface area (Å²) >= 11 is 3.39. The van der Waals surface area contributed by atoms with Gasteiger partial charge in [-0.1, -0.05) is 15.9 Å². The van der Waals surface area contributed by atoms with Crippen molar-refractivity contribution in [3.8, 4) is 5.69 Å². The number of halogens is 1. The molecule has 0 bridgehead atoms. The molecule has 0 saturated carbocycles. The van der Waals surface area contributed by atoms with E-state index in [1.54, 1.807) is 11.6 Å². The van der Waals surface area contributed by atoms with Crippen LogP contribution >= 0.6 is 15.9 Å². The predicted octanol–water partition coefficient (Wildman–Crippen LogP) is 2.54. The van der Waals surface area contributed by atoms with Crippen LogP contribution in [0.15, 0.2) is 28.7 Å². The number of rotatable bonds is 3. The lowest BCUT2D eigenvalue weighted by Gasteiger charge is -2.05. The number of aryl methyl sites for hydroxylation is 1. The lowest BCUT2D eigenvalue weighted by Crippen LogP contribution is -2.23. The van der Waals surface area contributed by atoms with Crippen LogP contribution in [0.3, 0.4) is 0 Å². The first kappa shape index (κ1) is 13.8. The Hall–Kier alpha value is -1.66. The second-order valence-electron chi connectivity index (χ2n) is 4.07. The minimum Gasteiger partial charge on any atom is -0.277 e. The summed E-state index contributed by atoms with van der Waals surface area (Å²) in [6.07, 6.45) is 0. The first-order valence-electron chi connectivity index (χ1n) is 5.70. The van der Waals surface area contributed by atoms with Gasteiger partial charge in [-0.15, -0.1) is 0 Å². The van der Waals surface area contributed by atoms with E-state index in [1.807, 2.05) is 31.2 Å². The monoisotopic (exact) mass is 323 g/mol. The second-order valence-corrected chi connectivity index (χ2v) is 4.99. The van der Waals surface area contributed by atoms with Crippen LogP contribution in [0, 0.1) is 13.8 Å². The number of aromatic nitrogens is 2. The highest BCUT2D eigenvalue weighted by molar-refractivity contribution is 9.10. The van der Waals surface area contributed by atoms with Crippen LogP contribution in [0.4, 0.5) is 0 Å². The lowest BCUT2D eigenvalue weighted by molar-refractivity contribution is 0.0536. The molecule has 0 fully saturated rings. The first-order valence-corrected chi connectivity index (χ1v) is 6.49. The summed E-state index contributed by atoms with van der Waals surface area (Å²) < 4.78 is 2.74. The highest BCUT2D eigenvalue weighted by atomic mass is 79.9. The number of hydrogen-bond donors (Lipinski definition) is 1. The molecule has 2 aromatic rings. The van der Waals surface area contributed by atoms with Gasteiger partial charge in [0.05, 0.1) is 29.7 Å². The molecule has 0 saturated heterocycles. The molecular weight excluding hydrogens is 310 g/mol. The van der Waals surface area contributed by atoms with Gasteiger partial charge in [0, 0.05) is 4.47 Å². The molecule has 1 aromatic heterocycles. The Kier molecular flexibility index (Phi) is 4.01. The normalized spacial score (nSPS) is 10.5. The fourth-order valence-electron chi connectivity index (χ4n) is 1.95. The summed E-state index contributed by atoms with van der Waals surface area (Å²) in [4.78, 5) is 16.5. The molecule has 1 N–H and O–H groups in total. The Labute approximate surface area is 119 Å². The molecule has 1 aromatic carbocycles. The fraction of sp³-hybridized carbons (Fsp3) is 0.231. The van der Waals surface area contributed by atoms with Crippen molar-refractivity contribution in [1.82, 2.24) is 15.3 Å². The zero-order chi connectivity index (χ0) is 14.0. The number of nitrogens with zero attached hydrogens (tertiary/aromatic N) is 2. The molecular formula is C13H14BrN3O2. The Morgan fingerprint density at radius 2 is 1.95 bits per heavy atom. The molecule has 19 heavy (non-hydrogen) atoms. The van der Waals surface area contributed by atoms with Crippen LogP contribution in [0.1, 0.15) is 21.7 Å². The van der Waals surface area contributed by atoms with Gasteiger partial charge in [-0.25, -0.2) is 10.2 Å². The Morgan fingerprint density at radius 1 is 1.32 bits per heavy atom. The van der Waals surface area contributed by atoms with Crippen molar-refractivity contribution in [2.45, 2.75) is 13.8 Å². The number of hydroxylamine groups is 1. The van der Waals surface area contributed by atoms with Gasteiger partial charge in [0.25, 0.3) is 5.91 Å². The van der Waals surface area contributed by atoms with Crippen LogP contribution in [-0.4, -0.2) is 22.8 Å². The largest absolute Gasteiger partial charge is 0.278 e. The Balaban J connectivity index is 2.46. The van der Waals surface area contributed by atoms with Gasteiger partial charge in [-0.05, 0) is 38.1 Å².